The quantitative estimate of drug-likeness (QED) is 0.834. The molecule has 0 N–H and O–H groups in total. The number of nitrogens with zero attached hydrogens (tertiary/aromatic N) is 2. The summed E-state index contributed by atoms with van der Waals surface area (Å²) < 4.78 is 5.44. The first-order chi connectivity index (χ1) is 12.5. The van der Waals surface area contributed by atoms with Crippen LogP contribution in [0.4, 0.5) is 0 Å². The van der Waals surface area contributed by atoms with Crippen LogP contribution in [0.1, 0.15) is 53.6 Å². The second kappa shape index (κ2) is 8.11. The molecular formula is C21H30N2O3. The van der Waals surface area contributed by atoms with Gasteiger partial charge in [-0.25, -0.2) is 0 Å². The molecule has 1 heterocycles. The molecule has 1 aromatic carbocycles. The third-order valence-corrected chi connectivity index (χ3v) is 5.85. The zero-order valence-corrected chi connectivity index (χ0v) is 16.2. The number of methoxy groups -OCH3 is 1. The fraction of sp³-hybridized carbons (Fsp3) is 0.619. The average molecular weight is 358 g/mol. The van der Waals surface area contributed by atoms with E-state index in [0.29, 0.717) is 36.9 Å². The molecule has 0 spiro atoms. The number of hydrogen-bond donors (Lipinski definition) is 0. The molecule has 1 saturated heterocycles. The van der Waals surface area contributed by atoms with Crippen molar-refractivity contribution < 1.29 is 14.3 Å². The first-order valence-corrected chi connectivity index (χ1v) is 9.74. The first kappa shape index (κ1) is 18.7. The fourth-order valence-electron chi connectivity index (χ4n) is 4.07. The van der Waals surface area contributed by atoms with Crippen molar-refractivity contribution in [1.29, 1.82) is 0 Å². The number of carbonyl (C=O) groups excluding carboxylic acids is 2. The predicted octanol–water partition coefficient (Wildman–Crippen LogP) is 3.18. The molecule has 0 radical (unpaired) electrons. The molecule has 2 aliphatic rings. The first-order valence-electron chi connectivity index (χ1n) is 9.74. The summed E-state index contributed by atoms with van der Waals surface area (Å²) in [6, 6.07) is 3.85. The van der Waals surface area contributed by atoms with Gasteiger partial charge in [-0.3, -0.25) is 9.59 Å². The van der Waals surface area contributed by atoms with E-state index in [2.05, 4.69) is 0 Å². The fourth-order valence-corrected chi connectivity index (χ4v) is 4.07. The number of hydrogen-bond acceptors (Lipinski definition) is 3. The molecule has 0 atom stereocenters. The van der Waals surface area contributed by atoms with E-state index in [-0.39, 0.29) is 11.8 Å². The van der Waals surface area contributed by atoms with Crippen molar-refractivity contribution in [3.8, 4) is 5.75 Å². The minimum Gasteiger partial charge on any atom is -0.496 e. The number of amides is 2. The topological polar surface area (TPSA) is 49.9 Å². The van der Waals surface area contributed by atoms with Gasteiger partial charge in [-0.15, -0.1) is 0 Å². The lowest BCUT2D eigenvalue weighted by atomic mass is 10.0. The number of aryl methyl sites for hydroxylation is 2. The molecule has 0 unspecified atom stereocenters. The third-order valence-electron chi connectivity index (χ3n) is 5.85. The van der Waals surface area contributed by atoms with Crippen LogP contribution in [0.25, 0.3) is 0 Å². The Kier molecular flexibility index (Phi) is 5.84. The van der Waals surface area contributed by atoms with Gasteiger partial charge in [0.1, 0.15) is 5.75 Å². The van der Waals surface area contributed by atoms with Crippen LogP contribution in [-0.4, -0.2) is 54.9 Å². The molecule has 0 bridgehead atoms. The monoisotopic (exact) mass is 358 g/mol. The third kappa shape index (κ3) is 3.87. The Morgan fingerprint density at radius 3 is 2.23 bits per heavy atom. The molecule has 26 heavy (non-hydrogen) atoms. The van der Waals surface area contributed by atoms with Crippen molar-refractivity contribution in [2.24, 2.45) is 5.92 Å². The van der Waals surface area contributed by atoms with Gasteiger partial charge < -0.3 is 14.5 Å². The van der Waals surface area contributed by atoms with E-state index >= 15 is 0 Å². The molecule has 1 aliphatic carbocycles. The van der Waals surface area contributed by atoms with Crippen LogP contribution in [0.3, 0.4) is 0 Å². The molecule has 5 nitrogen and oxygen atoms in total. The van der Waals surface area contributed by atoms with Gasteiger partial charge in [0.25, 0.3) is 5.91 Å². The summed E-state index contributed by atoms with van der Waals surface area (Å²) in [4.78, 5) is 29.6. The van der Waals surface area contributed by atoms with Gasteiger partial charge in [-0.2, -0.15) is 0 Å². The van der Waals surface area contributed by atoms with Crippen molar-refractivity contribution in [2.75, 3.05) is 33.3 Å². The highest BCUT2D eigenvalue weighted by atomic mass is 16.5. The average Bonchev–Trinajstić information content (AvgIpc) is 3.07. The molecule has 0 aromatic heterocycles. The SMILES string of the molecule is COc1cc(C)c(C)cc1C(=O)N1CCCN(C(=O)C2CCCC2)CC1. The van der Waals surface area contributed by atoms with Crippen LogP contribution in [0, 0.1) is 19.8 Å². The predicted molar refractivity (Wildman–Crippen MR) is 102 cm³/mol. The van der Waals surface area contributed by atoms with E-state index < -0.39 is 0 Å². The Hall–Kier alpha value is -2.04. The molecule has 142 valence electrons. The number of rotatable bonds is 3. The summed E-state index contributed by atoms with van der Waals surface area (Å²) in [6.07, 6.45) is 5.22. The standard InChI is InChI=1S/C21H30N2O3/c1-15-13-18(19(26-3)14-16(15)2)21(25)23-10-6-9-22(11-12-23)20(24)17-7-4-5-8-17/h13-14,17H,4-12H2,1-3H3. The van der Waals surface area contributed by atoms with E-state index in [1.165, 1.54) is 12.8 Å². The van der Waals surface area contributed by atoms with Gasteiger partial charge in [0.2, 0.25) is 5.91 Å². The van der Waals surface area contributed by atoms with E-state index in [4.69, 9.17) is 4.74 Å². The maximum absolute atomic E-state index is 13.1. The van der Waals surface area contributed by atoms with Gasteiger partial charge in [0, 0.05) is 32.1 Å². The molecule has 5 heteroatoms. The Morgan fingerprint density at radius 2 is 1.54 bits per heavy atom. The van der Waals surface area contributed by atoms with Crippen molar-refractivity contribution in [2.45, 2.75) is 46.0 Å². The van der Waals surface area contributed by atoms with Crippen LogP contribution in [-0.2, 0) is 4.79 Å². The van der Waals surface area contributed by atoms with Crippen LogP contribution in [0.5, 0.6) is 5.75 Å². The molecule has 2 amide bonds. The summed E-state index contributed by atoms with van der Waals surface area (Å²) in [5.41, 5.74) is 2.82. The van der Waals surface area contributed by atoms with Crippen molar-refractivity contribution in [1.82, 2.24) is 9.80 Å². The van der Waals surface area contributed by atoms with Crippen LogP contribution < -0.4 is 4.74 Å². The summed E-state index contributed by atoms with van der Waals surface area (Å²) in [6.45, 7) is 6.69. The largest absolute Gasteiger partial charge is 0.496 e. The maximum atomic E-state index is 13.1. The molecule has 1 saturated carbocycles. The van der Waals surface area contributed by atoms with Gasteiger partial charge >= 0.3 is 0 Å². The lowest BCUT2D eigenvalue weighted by Crippen LogP contribution is -2.39. The molecule has 1 aromatic rings. The zero-order chi connectivity index (χ0) is 18.7. The van der Waals surface area contributed by atoms with Gasteiger partial charge in [0.15, 0.2) is 0 Å². The Labute approximate surface area is 156 Å². The number of ether oxygens (including phenoxy) is 1. The number of carbonyl (C=O) groups is 2. The summed E-state index contributed by atoms with van der Waals surface area (Å²) in [5.74, 6) is 1.12. The van der Waals surface area contributed by atoms with Crippen molar-refractivity contribution in [3.05, 3.63) is 28.8 Å². The minimum atomic E-state index is 0.000107. The Bertz CT molecular complexity index is 680. The highest BCUT2D eigenvalue weighted by Gasteiger charge is 2.30. The van der Waals surface area contributed by atoms with Crippen LogP contribution >= 0.6 is 0 Å². The zero-order valence-electron chi connectivity index (χ0n) is 16.2. The molecule has 2 fully saturated rings. The van der Waals surface area contributed by atoms with E-state index in [9.17, 15) is 9.59 Å². The normalized spacial score (nSPS) is 18.7. The summed E-state index contributed by atoms with van der Waals surface area (Å²) >= 11 is 0. The molecule has 3 rings (SSSR count). The Balaban J connectivity index is 1.70. The minimum absolute atomic E-state index is 0.000107. The van der Waals surface area contributed by atoms with Crippen LogP contribution in [0.2, 0.25) is 0 Å². The second-order valence-corrected chi connectivity index (χ2v) is 7.59. The van der Waals surface area contributed by atoms with Crippen molar-refractivity contribution >= 4 is 11.8 Å². The van der Waals surface area contributed by atoms with E-state index in [1.807, 2.05) is 35.8 Å². The van der Waals surface area contributed by atoms with Gasteiger partial charge in [-0.05, 0) is 56.4 Å². The lowest BCUT2D eigenvalue weighted by Gasteiger charge is -2.25. The smallest absolute Gasteiger partial charge is 0.257 e. The van der Waals surface area contributed by atoms with Gasteiger partial charge in [0.05, 0.1) is 12.7 Å². The van der Waals surface area contributed by atoms with Gasteiger partial charge in [-0.1, -0.05) is 12.8 Å². The van der Waals surface area contributed by atoms with Crippen molar-refractivity contribution in [3.63, 3.8) is 0 Å². The maximum Gasteiger partial charge on any atom is 0.257 e. The Morgan fingerprint density at radius 1 is 0.923 bits per heavy atom. The molecular weight excluding hydrogens is 328 g/mol. The van der Waals surface area contributed by atoms with E-state index in [1.54, 1.807) is 7.11 Å². The second-order valence-electron chi connectivity index (χ2n) is 7.59. The highest BCUT2D eigenvalue weighted by molar-refractivity contribution is 5.97. The highest BCUT2D eigenvalue weighted by Crippen LogP contribution is 2.28. The van der Waals surface area contributed by atoms with E-state index in [0.717, 1.165) is 36.9 Å². The summed E-state index contributed by atoms with van der Waals surface area (Å²) in [7, 11) is 1.60. The lowest BCUT2D eigenvalue weighted by molar-refractivity contribution is -0.135. The summed E-state index contributed by atoms with van der Waals surface area (Å²) in [5, 5.41) is 0. The number of benzene rings is 1. The molecule has 1 aliphatic heterocycles. The van der Waals surface area contributed by atoms with Crippen LogP contribution in [0.15, 0.2) is 12.1 Å².